The zero-order chi connectivity index (χ0) is 6.85. The summed E-state index contributed by atoms with van der Waals surface area (Å²) in [6.45, 7) is 2.31. The third kappa shape index (κ3) is 1.17. The molecule has 0 spiro atoms. The van der Waals surface area contributed by atoms with E-state index in [0.717, 1.165) is 10.7 Å². The minimum Gasteiger partial charge on any atom is -0.248 e. The van der Waals surface area contributed by atoms with Crippen LogP contribution in [0.2, 0.25) is 0 Å². The number of hydrazone groups is 1. The average Bonchev–Trinajstić information content (AvgIpc) is 1.80. The highest BCUT2D eigenvalue weighted by Gasteiger charge is 2.18. The van der Waals surface area contributed by atoms with E-state index in [1.807, 2.05) is 6.92 Å². The van der Waals surface area contributed by atoms with E-state index < -0.39 is 0 Å². The molecule has 2 amide bonds. The number of amides is 2. The van der Waals surface area contributed by atoms with Crippen LogP contribution in [0.4, 0.5) is 4.79 Å². The number of nitrogens with zero attached hydrogens (tertiary/aromatic N) is 1. The number of nitrogens with two attached hydrogens (primary N) is 1. The summed E-state index contributed by atoms with van der Waals surface area (Å²) in [6, 6.07) is -0.305. The first-order valence-corrected chi connectivity index (χ1v) is 2.61. The normalized spacial score (nSPS) is 19.1. The van der Waals surface area contributed by atoms with Crippen LogP contribution in [0.3, 0.4) is 0 Å². The first kappa shape index (κ1) is 6.03. The zero-order valence-electron chi connectivity index (χ0n) is 5.14. The monoisotopic (exact) mass is 129 g/mol. The van der Waals surface area contributed by atoms with Crippen molar-refractivity contribution in [3.63, 3.8) is 0 Å². The largest absolute Gasteiger partial charge is 0.384 e. The van der Waals surface area contributed by atoms with Crippen LogP contribution < -0.4 is 16.4 Å². The maximum Gasteiger partial charge on any atom is 0.384 e. The SMILES string of the molecule is CC1=[NH+]NC(=O)N(N)C1. The van der Waals surface area contributed by atoms with Gasteiger partial charge in [0.05, 0.1) is 0 Å². The summed E-state index contributed by atoms with van der Waals surface area (Å²) < 4.78 is 0. The topological polar surface area (TPSA) is 72.3 Å². The number of hydrazine groups is 2. The molecule has 0 aliphatic carbocycles. The van der Waals surface area contributed by atoms with Crippen LogP contribution in [0.25, 0.3) is 0 Å². The second-order valence-corrected chi connectivity index (χ2v) is 1.96. The Morgan fingerprint density at radius 3 is 3.00 bits per heavy atom. The standard InChI is InChI=1S/C4H8N4O/c1-3-2-8(5)4(9)7-6-3/h2,5H2,1H3,(H,7,9)/p+1. The summed E-state index contributed by atoms with van der Waals surface area (Å²) in [4.78, 5) is 10.6. The Morgan fingerprint density at radius 2 is 2.56 bits per heavy atom. The summed E-state index contributed by atoms with van der Waals surface area (Å²) in [5, 5.41) is 3.76. The molecular weight excluding hydrogens is 120 g/mol. The molecular formula is C4H9N4O+. The van der Waals surface area contributed by atoms with E-state index in [4.69, 9.17) is 5.84 Å². The van der Waals surface area contributed by atoms with E-state index in [9.17, 15) is 4.79 Å². The van der Waals surface area contributed by atoms with Crippen molar-refractivity contribution in [2.45, 2.75) is 6.92 Å². The number of hydrogen-bond donors (Lipinski definition) is 3. The van der Waals surface area contributed by atoms with Gasteiger partial charge in [0.1, 0.15) is 6.54 Å². The zero-order valence-corrected chi connectivity index (χ0v) is 5.14. The van der Waals surface area contributed by atoms with Crippen LogP contribution >= 0.6 is 0 Å². The van der Waals surface area contributed by atoms with Crippen LogP contribution in [-0.2, 0) is 0 Å². The van der Waals surface area contributed by atoms with Gasteiger partial charge in [-0.05, 0) is 0 Å². The molecule has 1 aliphatic heterocycles. The second-order valence-electron chi connectivity index (χ2n) is 1.96. The number of hydrogen-bond acceptors (Lipinski definition) is 2. The average molecular weight is 129 g/mol. The van der Waals surface area contributed by atoms with Gasteiger partial charge >= 0.3 is 6.03 Å². The maximum absolute atomic E-state index is 10.6. The predicted molar refractivity (Wildman–Crippen MR) is 31.1 cm³/mol. The lowest BCUT2D eigenvalue weighted by Gasteiger charge is -2.14. The van der Waals surface area contributed by atoms with Crippen LogP contribution in [0.5, 0.6) is 0 Å². The van der Waals surface area contributed by atoms with Crippen molar-refractivity contribution < 1.29 is 9.90 Å². The maximum atomic E-state index is 10.6. The van der Waals surface area contributed by atoms with Crippen molar-refractivity contribution in [3.8, 4) is 0 Å². The molecule has 0 aromatic carbocycles. The van der Waals surface area contributed by atoms with Crippen molar-refractivity contribution in [2.24, 2.45) is 5.84 Å². The molecule has 1 rings (SSSR count). The highest BCUT2D eigenvalue weighted by Crippen LogP contribution is 1.78. The van der Waals surface area contributed by atoms with E-state index in [1.54, 1.807) is 0 Å². The van der Waals surface area contributed by atoms with Gasteiger partial charge in [0, 0.05) is 6.92 Å². The van der Waals surface area contributed by atoms with Crippen LogP contribution in [0.1, 0.15) is 6.92 Å². The van der Waals surface area contributed by atoms with Crippen LogP contribution in [-0.4, -0.2) is 23.3 Å². The van der Waals surface area contributed by atoms with E-state index in [-0.39, 0.29) is 6.03 Å². The fourth-order valence-corrected chi connectivity index (χ4v) is 0.599. The van der Waals surface area contributed by atoms with Crippen molar-refractivity contribution in [1.29, 1.82) is 0 Å². The molecule has 0 unspecified atom stereocenters. The van der Waals surface area contributed by atoms with Crippen molar-refractivity contribution in [3.05, 3.63) is 0 Å². The first-order chi connectivity index (χ1) is 4.20. The molecule has 4 N–H and O–H groups in total. The highest BCUT2D eigenvalue weighted by molar-refractivity contribution is 5.85. The fourth-order valence-electron chi connectivity index (χ4n) is 0.599. The molecule has 0 radical (unpaired) electrons. The molecule has 0 atom stereocenters. The Bertz CT molecular complexity index is 164. The lowest BCUT2D eigenvalue weighted by molar-refractivity contribution is -0.515. The Kier molecular flexibility index (Phi) is 1.35. The summed E-state index contributed by atoms with van der Waals surface area (Å²) >= 11 is 0. The lowest BCUT2D eigenvalue weighted by Crippen LogP contribution is -2.89. The third-order valence-corrected chi connectivity index (χ3v) is 1.05. The number of urea groups is 1. The molecule has 0 saturated heterocycles. The van der Waals surface area contributed by atoms with Gasteiger partial charge in [0.2, 0.25) is 0 Å². The Labute approximate surface area is 52.5 Å². The predicted octanol–water partition coefficient (Wildman–Crippen LogP) is -2.66. The number of rotatable bonds is 0. The summed E-state index contributed by atoms with van der Waals surface area (Å²) in [7, 11) is 0. The van der Waals surface area contributed by atoms with Crippen molar-refractivity contribution in [2.75, 3.05) is 6.54 Å². The molecule has 9 heavy (non-hydrogen) atoms. The molecule has 0 fully saturated rings. The van der Waals surface area contributed by atoms with Crippen LogP contribution in [0.15, 0.2) is 0 Å². The lowest BCUT2D eigenvalue weighted by atomic mass is 10.4. The molecule has 0 aromatic rings. The molecule has 0 saturated carbocycles. The van der Waals surface area contributed by atoms with Crippen molar-refractivity contribution in [1.82, 2.24) is 10.4 Å². The number of carbonyl (C=O) groups excluding carboxylic acids is 1. The van der Waals surface area contributed by atoms with E-state index in [1.165, 1.54) is 0 Å². The highest BCUT2D eigenvalue weighted by atomic mass is 16.2. The molecule has 5 nitrogen and oxygen atoms in total. The Morgan fingerprint density at radius 1 is 1.89 bits per heavy atom. The quantitative estimate of drug-likeness (QED) is 0.247. The van der Waals surface area contributed by atoms with Gasteiger partial charge in [-0.2, -0.15) is 0 Å². The minimum atomic E-state index is -0.305. The van der Waals surface area contributed by atoms with Gasteiger partial charge in [-0.25, -0.2) is 15.6 Å². The molecule has 50 valence electrons. The smallest absolute Gasteiger partial charge is 0.248 e. The third-order valence-electron chi connectivity index (χ3n) is 1.05. The molecule has 1 heterocycles. The van der Waals surface area contributed by atoms with Crippen molar-refractivity contribution >= 4 is 11.7 Å². The Balaban J connectivity index is 2.65. The molecule has 1 aliphatic rings. The van der Waals surface area contributed by atoms with Crippen LogP contribution in [0, 0.1) is 0 Å². The van der Waals surface area contributed by atoms with E-state index >= 15 is 0 Å². The van der Waals surface area contributed by atoms with Gasteiger partial charge in [0.15, 0.2) is 5.71 Å². The van der Waals surface area contributed by atoms with Gasteiger partial charge in [-0.3, -0.25) is 0 Å². The Hall–Kier alpha value is -1.10. The number of carbonyl (C=O) groups is 1. The minimum absolute atomic E-state index is 0.305. The number of nitrogens with one attached hydrogen (secondary N) is 2. The van der Waals surface area contributed by atoms with Gasteiger partial charge < -0.3 is 0 Å². The summed E-state index contributed by atoms with van der Waals surface area (Å²) in [6.07, 6.45) is 0. The summed E-state index contributed by atoms with van der Waals surface area (Å²) in [5.41, 5.74) is 3.28. The van der Waals surface area contributed by atoms with E-state index in [2.05, 4.69) is 10.5 Å². The summed E-state index contributed by atoms with van der Waals surface area (Å²) in [5.74, 6) is 5.23. The molecule has 5 heteroatoms. The fraction of sp³-hybridized carbons (Fsp3) is 0.500. The molecule has 0 bridgehead atoms. The molecule has 0 aromatic heterocycles. The van der Waals surface area contributed by atoms with Gasteiger partial charge in [-0.15, -0.1) is 10.5 Å². The first-order valence-electron chi connectivity index (χ1n) is 2.61. The van der Waals surface area contributed by atoms with E-state index in [0.29, 0.717) is 6.54 Å². The second kappa shape index (κ2) is 2.02. The van der Waals surface area contributed by atoms with Gasteiger partial charge in [-0.1, -0.05) is 0 Å². The van der Waals surface area contributed by atoms with Gasteiger partial charge in [0.25, 0.3) is 0 Å².